The number of rotatable bonds is 9. The molecule has 1 N–H and O–H groups in total. The van der Waals surface area contributed by atoms with Gasteiger partial charge in [0.25, 0.3) is 5.89 Å². The molecule has 1 fully saturated rings. The molecular weight excluding hydrogens is 332 g/mol. The summed E-state index contributed by atoms with van der Waals surface area (Å²) in [5, 5.41) is 11.2. The zero-order valence-electron chi connectivity index (χ0n) is 15.4. The topological polar surface area (TPSA) is 84.4 Å². The number of amides is 1. The van der Waals surface area contributed by atoms with Gasteiger partial charge >= 0.3 is 0 Å². The van der Waals surface area contributed by atoms with E-state index in [9.17, 15) is 4.79 Å². The van der Waals surface area contributed by atoms with E-state index in [1.165, 1.54) is 32.1 Å². The quantitative estimate of drug-likeness (QED) is 0.739. The maximum absolute atomic E-state index is 12.3. The van der Waals surface area contributed by atoms with Crippen LogP contribution in [0.2, 0.25) is 0 Å². The van der Waals surface area contributed by atoms with E-state index in [-0.39, 0.29) is 5.91 Å². The lowest BCUT2D eigenvalue weighted by Gasteiger charge is -2.23. The van der Waals surface area contributed by atoms with Crippen molar-refractivity contribution in [1.82, 2.24) is 20.4 Å². The summed E-state index contributed by atoms with van der Waals surface area (Å²) < 4.78 is 10.9. The third-order valence-electron chi connectivity index (χ3n) is 4.78. The second-order valence-corrected chi connectivity index (χ2v) is 7.00. The first-order valence-corrected chi connectivity index (χ1v) is 9.60. The molecule has 0 radical (unpaired) electrons. The SMILES string of the molecule is CCCN(CC(=O)NCC1CCCCC1)Cc1nnc(-c2ccco2)o1. The molecule has 0 bridgehead atoms. The average Bonchev–Trinajstić information content (AvgIpc) is 3.32. The summed E-state index contributed by atoms with van der Waals surface area (Å²) in [6.07, 6.45) is 8.90. The van der Waals surface area contributed by atoms with Crippen molar-refractivity contribution in [1.29, 1.82) is 0 Å². The molecule has 2 heterocycles. The molecule has 1 amide bonds. The van der Waals surface area contributed by atoms with Crippen LogP contribution in [0.1, 0.15) is 51.3 Å². The highest BCUT2D eigenvalue weighted by Gasteiger charge is 2.18. The third kappa shape index (κ3) is 5.42. The standard InChI is InChI=1S/C19H28N4O3/c1-2-10-23(13-17(24)20-12-15-7-4-3-5-8-15)14-18-21-22-19(26-18)16-9-6-11-25-16/h6,9,11,15H,2-5,7-8,10,12-14H2,1H3,(H,20,24). The summed E-state index contributed by atoms with van der Waals surface area (Å²) in [7, 11) is 0. The van der Waals surface area contributed by atoms with Gasteiger partial charge in [0.05, 0.1) is 19.4 Å². The minimum absolute atomic E-state index is 0.0646. The van der Waals surface area contributed by atoms with E-state index in [0.29, 0.717) is 36.5 Å². The molecule has 3 rings (SSSR count). The van der Waals surface area contributed by atoms with Gasteiger partial charge in [-0.2, -0.15) is 0 Å². The van der Waals surface area contributed by atoms with Crippen molar-refractivity contribution in [2.75, 3.05) is 19.6 Å². The summed E-state index contributed by atoms with van der Waals surface area (Å²) in [6.45, 7) is 4.49. The van der Waals surface area contributed by atoms with Crippen LogP contribution < -0.4 is 5.32 Å². The predicted octanol–water partition coefficient (Wildman–Crippen LogP) is 3.24. The molecule has 2 aromatic rings. The Labute approximate surface area is 154 Å². The molecule has 7 heteroatoms. The normalized spacial score (nSPS) is 15.5. The lowest BCUT2D eigenvalue weighted by atomic mass is 9.89. The summed E-state index contributed by atoms with van der Waals surface area (Å²) in [4.78, 5) is 14.4. The molecule has 1 aliphatic carbocycles. The van der Waals surface area contributed by atoms with Crippen molar-refractivity contribution in [3.63, 3.8) is 0 Å². The van der Waals surface area contributed by atoms with Gasteiger partial charge in [-0.25, -0.2) is 0 Å². The molecule has 1 saturated carbocycles. The number of aromatic nitrogens is 2. The highest BCUT2D eigenvalue weighted by atomic mass is 16.4. The van der Waals surface area contributed by atoms with Gasteiger partial charge in [0.15, 0.2) is 5.76 Å². The first-order valence-electron chi connectivity index (χ1n) is 9.60. The van der Waals surface area contributed by atoms with Crippen LogP contribution in [0, 0.1) is 5.92 Å². The summed E-state index contributed by atoms with van der Waals surface area (Å²) in [6, 6.07) is 3.55. The number of nitrogens with one attached hydrogen (secondary N) is 1. The van der Waals surface area contributed by atoms with E-state index in [1.54, 1.807) is 18.4 Å². The van der Waals surface area contributed by atoms with Gasteiger partial charge in [0, 0.05) is 6.54 Å². The van der Waals surface area contributed by atoms with Gasteiger partial charge in [-0.3, -0.25) is 9.69 Å². The fraction of sp³-hybridized carbons (Fsp3) is 0.632. The number of carbonyl (C=O) groups excluding carboxylic acids is 1. The second kappa shape index (κ2) is 9.52. The van der Waals surface area contributed by atoms with Crippen molar-refractivity contribution in [2.24, 2.45) is 5.92 Å². The van der Waals surface area contributed by atoms with Crippen LogP contribution in [0.25, 0.3) is 11.7 Å². The average molecular weight is 360 g/mol. The smallest absolute Gasteiger partial charge is 0.283 e. The van der Waals surface area contributed by atoms with Gasteiger partial charge in [0.1, 0.15) is 0 Å². The van der Waals surface area contributed by atoms with Crippen LogP contribution in [-0.4, -0.2) is 40.6 Å². The molecule has 0 saturated heterocycles. The van der Waals surface area contributed by atoms with Crippen LogP contribution in [0.3, 0.4) is 0 Å². The van der Waals surface area contributed by atoms with Gasteiger partial charge < -0.3 is 14.2 Å². The molecular formula is C19H28N4O3. The molecule has 7 nitrogen and oxygen atoms in total. The minimum atomic E-state index is 0.0646. The number of carbonyl (C=O) groups is 1. The highest BCUT2D eigenvalue weighted by Crippen LogP contribution is 2.22. The van der Waals surface area contributed by atoms with E-state index in [1.807, 2.05) is 4.90 Å². The Morgan fingerprint density at radius 3 is 2.88 bits per heavy atom. The fourth-order valence-electron chi connectivity index (χ4n) is 3.45. The molecule has 0 aromatic carbocycles. The van der Waals surface area contributed by atoms with E-state index < -0.39 is 0 Å². The van der Waals surface area contributed by atoms with Crippen LogP contribution >= 0.6 is 0 Å². The van der Waals surface area contributed by atoms with E-state index in [2.05, 4.69) is 22.4 Å². The predicted molar refractivity (Wildman–Crippen MR) is 97.2 cm³/mol. The maximum atomic E-state index is 12.3. The Morgan fingerprint density at radius 1 is 1.31 bits per heavy atom. The largest absolute Gasteiger partial charge is 0.459 e. The van der Waals surface area contributed by atoms with Gasteiger partial charge in [-0.05, 0) is 43.9 Å². The molecule has 2 aromatic heterocycles. The Hall–Kier alpha value is -2.15. The van der Waals surface area contributed by atoms with Crippen LogP contribution in [0.5, 0.6) is 0 Å². The molecule has 0 spiro atoms. The van der Waals surface area contributed by atoms with Gasteiger partial charge in [0.2, 0.25) is 11.8 Å². The number of hydrogen-bond acceptors (Lipinski definition) is 6. The molecule has 0 unspecified atom stereocenters. The molecule has 142 valence electrons. The third-order valence-corrected chi connectivity index (χ3v) is 4.78. The maximum Gasteiger partial charge on any atom is 0.283 e. The number of nitrogens with zero attached hydrogens (tertiary/aromatic N) is 3. The Kier molecular flexibility index (Phi) is 6.82. The Balaban J connectivity index is 1.49. The zero-order chi connectivity index (χ0) is 18.2. The van der Waals surface area contributed by atoms with Crippen molar-refractivity contribution in [2.45, 2.75) is 52.0 Å². The first-order chi connectivity index (χ1) is 12.7. The summed E-state index contributed by atoms with van der Waals surface area (Å²) in [5.74, 6) is 2.11. The molecule has 1 aliphatic rings. The van der Waals surface area contributed by atoms with Crippen molar-refractivity contribution in [3.05, 3.63) is 24.3 Å². The monoisotopic (exact) mass is 360 g/mol. The summed E-state index contributed by atoms with van der Waals surface area (Å²) in [5.41, 5.74) is 0. The van der Waals surface area contributed by atoms with E-state index in [4.69, 9.17) is 8.83 Å². The van der Waals surface area contributed by atoms with Crippen LogP contribution in [-0.2, 0) is 11.3 Å². The van der Waals surface area contributed by atoms with Gasteiger partial charge in [-0.15, -0.1) is 10.2 Å². The van der Waals surface area contributed by atoms with Crippen LogP contribution in [0.15, 0.2) is 27.2 Å². The summed E-state index contributed by atoms with van der Waals surface area (Å²) >= 11 is 0. The molecule has 26 heavy (non-hydrogen) atoms. The number of furan rings is 1. The fourth-order valence-corrected chi connectivity index (χ4v) is 3.45. The van der Waals surface area contributed by atoms with Crippen LogP contribution in [0.4, 0.5) is 0 Å². The second-order valence-electron chi connectivity index (χ2n) is 7.00. The van der Waals surface area contributed by atoms with Crippen molar-refractivity contribution < 1.29 is 13.6 Å². The minimum Gasteiger partial charge on any atom is -0.459 e. The van der Waals surface area contributed by atoms with E-state index in [0.717, 1.165) is 19.5 Å². The Morgan fingerprint density at radius 2 is 2.15 bits per heavy atom. The zero-order valence-corrected chi connectivity index (χ0v) is 15.4. The van der Waals surface area contributed by atoms with E-state index >= 15 is 0 Å². The lowest BCUT2D eigenvalue weighted by Crippen LogP contribution is -2.39. The molecule has 0 aliphatic heterocycles. The highest BCUT2D eigenvalue weighted by molar-refractivity contribution is 5.78. The van der Waals surface area contributed by atoms with Crippen molar-refractivity contribution in [3.8, 4) is 11.7 Å². The molecule has 0 atom stereocenters. The van der Waals surface area contributed by atoms with Crippen molar-refractivity contribution >= 4 is 5.91 Å². The Bertz CT molecular complexity index is 662. The lowest BCUT2D eigenvalue weighted by molar-refractivity contribution is -0.122. The first kappa shape index (κ1) is 18.6. The van der Waals surface area contributed by atoms with Gasteiger partial charge in [-0.1, -0.05) is 26.2 Å². The number of hydrogen-bond donors (Lipinski definition) is 1.